The summed E-state index contributed by atoms with van der Waals surface area (Å²) in [7, 11) is 0. The fourth-order valence-corrected chi connectivity index (χ4v) is 3.91. The molecule has 0 atom stereocenters. The molecule has 0 spiro atoms. The largest absolute Gasteiger partial charge is 0.386 e. The number of aromatic nitrogens is 1. The summed E-state index contributed by atoms with van der Waals surface area (Å²) in [6.07, 6.45) is 4.06. The topological polar surface area (TPSA) is 56.3 Å². The molecule has 2 aliphatic rings. The van der Waals surface area contributed by atoms with E-state index >= 15 is 0 Å². The predicted octanol–water partition coefficient (Wildman–Crippen LogP) is 5.02. The van der Waals surface area contributed by atoms with Crippen LogP contribution in [0.3, 0.4) is 0 Å². The van der Waals surface area contributed by atoms with Crippen molar-refractivity contribution in [2.45, 2.75) is 38.2 Å². The summed E-state index contributed by atoms with van der Waals surface area (Å²) in [6, 6.07) is 9.50. The minimum atomic E-state index is -0.640. The van der Waals surface area contributed by atoms with Gasteiger partial charge in [0.2, 0.25) is 5.91 Å². The summed E-state index contributed by atoms with van der Waals surface area (Å²) in [5.74, 6) is -1.05. The van der Waals surface area contributed by atoms with Crippen LogP contribution in [0.4, 0.5) is 13.2 Å². The molecule has 1 saturated heterocycles. The minimum Gasteiger partial charge on any atom is -0.386 e. The van der Waals surface area contributed by atoms with Gasteiger partial charge in [-0.3, -0.25) is 4.79 Å². The summed E-state index contributed by atoms with van der Waals surface area (Å²) >= 11 is 0. The highest BCUT2D eigenvalue weighted by molar-refractivity contribution is 5.86. The maximum atomic E-state index is 13.5. The monoisotopic (exact) mass is 430 g/mol. The van der Waals surface area contributed by atoms with Crippen molar-refractivity contribution in [2.75, 3.05) is 13.1 Å². The third-order valence-electron chi connectivity index (χ3n) is 6.19. The number of halogens is 3. The Labute approximate surface area is 178 Å². The molecule has 1 amide bonds. The van der Waals surface area contributed by atoms with Gasteiger partial charge in [0.1, 0.15) is 17.5 Å². The number of β-amino-alcohol motifs (C(OH)–C–C–N with tert-alkyl or cyclic N) is 1. The van der Waals surface area contributed by atoms with Crippen molar-refractivity contribution < 1.29 is 23.1 Å². The van der Waals surface area contributed by atoms with Crippen LogP contribution in [0.2, 0.25) is 0 Å². The van der Waals surface area contributed by atoms with Crippen molar-refractivity contribution in [3.8, 4) is 11.3 Å². The smallest absolute Gasteiger partial charge is 0.225 e. The Hall–Kier alpha value is -2.80. The molecule has 0 unspecified atom stereocenters. The van der Waals surface area contributed by atoms with Crippen molar-refractivity contribution in [3.63, 3.8) is 0 Å². The molecule has 1 aliphatic carbocycles. The number of hydrogen-bond donors (Lipinski definition) is 2. The lowest BCUT2D eigenvalue weighted by Crippen LogP contribution is -2.64. The summed E-state index contributed by atoms with van der Waals surface area (Å²) in [5, 5.41) is 10.2. The Morgan fingerprint density at radius 1 is 1.10 bits per heavy atom. The van der Waals surface area contributed by atoms with Crippen LogP contribution in [0.25, 0.3) is 22.2 Å². The molecular weight excluding hydrogens is 405 g/mol. The Morgan fingerprint density at radius 2 is 1.77 bits per heavy atom. The molecule has 1 aliphatic heterocycles. The van der Waals surface area contributed by atoms with Gasteiger partial charge in [0.05, 0.1) is 24.2 Å². The molecule has 3 aromatic rings. The lowest BCUT2D eigenvalue weighted by Gasteiger charge is -2.48. The summed E-state index contributed by atoms with van der Waals surface area (Å²) in [6.45, 7) is 3.07. The number of carbonyl (C=O) groups excluding carboxylic acids is 1. The highest BCUT2D eigenvalue weighted by atomic mass is 19.1. The third-order valence-corrected chi connectivity index (χ3v) is 6.19. The molecule has 1 aromatic heterocycles. The van der Waals surface area contributed by atoms with Crippen LogP contribution in [-0.2, 0) is 4.79 Å². The third kappa shape index (κ3) is 4.46. The molecule has 0 bridgehead atoms. The molecule has 2 fully saturated rings. The second kappa shape index (κ2) is 8.38. The Morgan fingerprint density at radius 3 is 2.35 bits per heavy atom. The Balaban J connectivity index is 0.000000158. The average Bonchev–Trinajstić information content (AvgIpc) is 3.09. The zero-order chi connectivity index (χ0) is 22.2. The Bertz CT molecular complexity index is 1080. The van der Waals surface area contributed by atoms with E-state index in [1.165, 1.54) is 24.6 Å². The first kappa shape index (κ1) is 21.4. The van der Waals surface area contributed by atoms with Gasteiger partial charge >= 0.3 is 0 Å². The van der Waals surface area contributed by atoms with Gasteiger partial charge in [0.25, 0.3) is 0 Å². The normalized spacial score (nSPS) is 17.5. The fourth-order valence-electron chi connectivity index (χ4n) is 3.91. The number of benzene rings is 2. The molecule has 2 heterocycles. The van der Waals surface area contributed by atoms with Gasteiger partial charge in [0, 0.05) is 23.1 Å². The van der Waals surface area contributed by atoms with Crippen molar-refractivity contribution in [1.29, 1.82) is 0 Å². The van der Waals surface area contributed by atoms with E-state index in [4.69, 9.17) is 0 Å². The van der Waals surface area contributed by atoms with Crippen LogP contribution < -0.4 is 0 Å². The van der Waals surface area contributed by atoms with E-state index in [0.717, 1.165) is 25.3 Å². The SMILES string of the molecule is CCC1(O)CN(C(=O)C2CCC2)C1.Fc1ccc(-c2cc3cc(F)cc(F)c3[nH]2)cc1. The van der Waals surface area contributed by atoms with Crippen LogP contribution in [0, 0.1) is 23.4 Å². The number of aliphatic hydroxyl groups is 1. The highest BCUT2D eigenvalue weighted by Crippen LogP contribution is 2.33. The maximum absolute atomic E-state index is 13.5. The maximum Gasteiger partial charge on any atom is 0.225 e. The number of H-pyrrole nitrogens is 1. The first-order valence-electron chi connectivity index (χ1n) is 10.5. The number of nitrogens with zero attached hydrogens (tertiary/aromatic N) is 1. The van der Waals surface area contributed by atoms with Crippen LogP contribution in [0.15, 0.2) is 42.5 Å². The van der Waals surface area contributed by atoms with Gasteiger partial charge in [-0.2, -0.15) is 0 Å². The van der Waals surface area contributed by atoms with Gasteiger partial charge in [-0.1, -0.05) is 13.3 Å². The molecule has 2 aromatic carbocycles. The summed E-state index contributed by atoms with van der Waals surface area (Å²) < 4.78 is 39.4. The van der Waals surface area contributed by atoms with Crippen molar-refractivity contribution >= 4 is 16.8 Å². The standard InChI is InChI=1S/C14H8F3N.C10H17NO2/c15-10-3-1-8(2-4-10)13-6-9-5-11(16)7-12(17)14(9)18-13;1-2-10(13)6-11(7-10)9(12)8-4-3-5-8/h1-7,18H;8,13H,2-7H2,1H3. The molecular formula is C24H25F3N2O2. The predicted molar refractivity (Wildman–Crippen MR) is 113 cm³/mol. The number of carbonyl (C=O) groups is 1. The van der Waals surface area contributed by atoms with E-state index < -0.39 is 17.2 Å². The molecule has 4 nitrogen and oxygen atoms in total. The van der Waals surface area contributed by atoms with Crippen molar-refractivity contribution in [2.24, 2.45) is 5.92 Å². The van der Waals surface area contributed by atoms with Crippen molar-refractivity contribution in [3.05, 3.63) is 59.9 Å². The average molecular weight is 430 g/mol. The number of aromatic amines is 1. The molecule has 1 saturated carbocycles. The van der Waals surface area contributed by atoms with Gasteiger partial charge in [0.15, 0.2) is 0 Å². The van der Waals surface area contributed by atoms with Crippen molar-refractivity contribution in [1.82, 2.24) is 9.88 Å². The van der Waals surface area contributed by atoms with Gasteiger partial charge in [-0.25, -0.2) is 13.2 Å². The van der Waals surface area contributed by atoms with Crippen LogP contribution in [0.1, 0.15) is 32.6 Å². The number of fused-ring (bicyclic) bond motifs is 1. The van der Waals surface area contributed by atoms with Crippen LogP contribution in [0.5, 0.6) is 0 Å². The summed E-state index contributed by atoms with van der Waals surface area (Å²) in [4.78, 5) is 16.3. The zero-order valence-corrected chi connectivity index (χ0v) is 17.3. The second-order valence-electron chi connectivity index (χ2n) is 8.44. The van der Waals surface area contributed by atoms with Gasteiger partial charge in [-0.15, -0.1) is 0 Å². The highest BCUT2D eigenvalue weighted by Gasteiger charge is 2.44. The molecule has 0 radical (unpaired) electrons. The zero-order valence-electron chi connectivity index (χ0n) is 17.3. The number of rotatable bonds is 3. The van der Waals surface area contributed by atoms with E-state index in [-0.39, 0.29) is 23.2 Å². The molecule has 31 heavy (non-hydrogen) atoms. The van der Waals surface area contributed by atoms with Crippen LogP contribution >= 0.6 is 0 Å². The van der Waals surface area contributed by atoms with E-state index in [1.54, 1.807) is 23.1 Å². The molecule has 7 heteroatoms. The molecule has 5 rings (SSSR count). The quantitative estimate of drug-likeness (QED) is 0.613. The number of nitrogens with one attached hydrogen (secondary N) is 1. The van der Waals surface area contributed by atoms with E-state index in [0.29, 0.717) is 29.7 Å². The molecule has 2 N–H and O–H groups in total. The second-order valence-corrected chi connectivity index (χ2v) is 8.44. The van der Waals surface area contributed by atoms with Crippen LogP contribution in [-0.4, -0.2) is 39.6 Å². The minimum absolute atomic E-state index is 0.246. The van der Waals surface area contributed by atoms with E-state index in [2.05, 4.69) is 4.98 Å². The number of amides is 1. The summed E-state index contributed by atoms with van der Waals surface area (Å²) in [5.41, 5.74) is 1.01. The first-order chi connectivity index (χ1) is 14.8. The van der Waals surface area contributed by atoms with Gasteiger partial charge in [-0.05, 0) is 61.2 Å². The lowest BCUT2D eigenvalue weighted by atomic mass is 9.82. The lowest BCUT2D eigenvalue weighted by molar-refractivity contribution is -0.162. The number of hydrogen-bond acceptors (Lipinski definition) is 2. The number of likely N-dealkylation sites (tertiary alicyclic amines) is 1. The van der Waals surface area contributed by atoms with E-state index in [9.17, 15) is 23.1 Å². The van der Waals surface area contributed by atoms with E-state index in [1.807, 2.05) is 6.92 Å². The molecule has 164 valence electrons. The van der Waals surface area contributed by atoms with Gasteiger partial charge < -0.3 is 15.0 Å². The Kier molecular flexibility index (Phi) is 5.79. The fraction of sp³-hybridized carbons (Fsp3) is 0.375. The first-order valence-corrected chi connectivity index (χ1v) is 10.5.